The van der Waals surface area contributed by atoms with E-state index in [0.29, 0.717) is 0 Å². The van der Waals surface area contributed by atoms with Crippen molar-refractivity contribution in [2.45, 2.75) is 6.42 Å². The van der Waals surface area contributed by atoms with Crippen LogP contribution in [-0.4, -0.2) is 0 Å². The van der Waals surface area contributed by atoms with Gasteiger partial charge in [0.1, 0.15) is 0 Å². The number of hydrogen-bond acceptors (Lipinski definition) is 0. The van der Waals surface area contributed by atoms with Crippen molar-refractivity contribution >= 4 is 0 Å². The molecule has 0 atom stereocenters. The van der Waals surface area contributed by atoms with Gasteiger partial charge in [-0.15, -0.1) is 0 Å². The van der Waals surface area contributed by atoms with Gasteiger partial charge >= 0.3 is 49.0 Å². The number of hydrogen-bond donors (Lipinski definition) is 0. The Morgan fingerprint density at radius 1 is 1.57 bits per heavy atom. The zero-order valence-corrected chi connectivity index (χ0v) is 6.13. The van der Waals surface area contributed by atoms with E-state index in [1.54, 1.807) is 0 Å². The van der Waals surface area contributed by atoms with Crippen LogP contribution in [0.25, 0.3) is 0 Å². The molecule has 0 N–H and O–H groups in total. The fourth-order valence-electron chi connectivity index (χ4n) is 0.447. The molecule has 0 aromatic carbocycles. The van der Waals surface area contributed by atoms with Gasteiger partial charge in [0.15, 0.2) is 0 Å². The molecule has 2 heteroatoms. The molecule has 0 aromatic rings. The normalized spacial score (nSPS) is 15.6. The van der Waals surface area contributed by atoms with Crippen LogP contribution in [0, 0.1) is 0 Å². The second-order valence-electron chi connectivity index (χ2n) is 1.32. The Labute approximate surface area is 61.5 Å². The molecular weight excluding hydrogens is 143 g/mol. The van der Waals surface area contributed by atoms with Crippen molar-refractivity contribution in [2.75, 3.05) is 0 Å². The van der Waals surface area contributed by atoms with E-state index < -0.39 is 0 Å². The van der Waals surface area contributed by atoms with E-state index in [2.05, 4.69) is 38.7 Å². The molecule has 0 nitrogen and oxygen atoms in total. The molecule has 7 heavy (non-hydrogen) atoms. The first-order valence-electron chi connectivity index (χ1n) is 1.97. The standard InChI is InChI=1S/C5H5.ClH.Ti/c1-2-4-5-3-1;;/h1-3H,4H2;1H;/q;;+1/p-1. The van der Waals surface area contributed by atoms with E-state index in [-0.39, 0.29) is 12.4 Å². The van der Waals surface area contributed by atoms with Crippen molar-refractivity contribution in [3.63, 3.8) is 0 Å². The maximum absolute atomic E-state index is 2.16. The van der Waals surface area contributed by atoms with Gasteiger partial charge in [0.05, 0.1) is 0 Å². The molecule has 0 bridgehead atoms. The Hall–Kier alpha value is 0.484. The Morgan fingerprint density at radius 2 is 2.29 bits per heavy atom. The van der Waals surface area contributed by atoms with Crippen LogP contribution < -0.4 is 12.4 Å². The van der Waals surface area contributed by atoms with E-state index in [1.807, 2.05) is 0 Å². The van der Waals surface area contributed by atoms with Gasteiger partial charge in [-0.25, -0.2) is 0 Å². The van der Waals surface area contributed by atoms with E-state index in [4.69, 9.17) is 0 Å². The van der Waals surface area contributed by atoms with Crippen molar-refractivity contribution in [2.24, 2.45) is 0 Å². The van der Waals surface area contributed by atoms with Gasteiger partial charge in [-0.2, -0.15) is 0 Å². The fourth-order valence-corrected chi connectivity index (χ4v) is 0.782. The molecule has 1 rings (SSSR count). The topological polar surface area (TPSA) is 0 Å². The van der Waals surface area contributed by atoms with Crippen LogP contribution in [0.3, 0.4) is 0 Å². The molecule has 0 radical (unpaired) electrons. The quantitative estimate of drug-likeness (QED) is 0.362. The minimum absolute atomic E-state index is 0. The van der Waals surface area contributed by atoms with Crippen LogP contribution in [0.2, 0.25) is 0 Å². The van der Waals surface area contributed by atoms with Crippen molar-refractivity contribution in [1.82, 2.24) is 0 Å². The average Bonchev–Trinajstić information content (AvgIpc) is 1.86. The molecule has 0 heterocycles. The first kappa shape index (κ1) is 7.48. The molecular formula is C5H5ClTi. The summed E-state index contributed by atoms with van der Waals surface area (Å²) < 4.78 is 1.47. The third kappa shape index (κ3) is 2.33. The SMILES string of the molecule is [Cl-].[Ti+][C]1=CC=CC1. The molecule has 1 aliphatic carbocycles. The third-order valence-corrected chi connectivity index (χ3v) is 1.35. The Morgan fingerprint density at radius 3 is 2.43 bits per heavy atom. The summed E-state index contributed by atoms with van der Waals surface area (Å²) in [6, 6.07) is 0. The third-order valence-electron chi connectivity index (χ3n) is 0.771. The molecule has 0 fully saturated rings. The van der Waals surface area contributed by atoms with Gasteiger partial charge in [-0.05, 0) is 0 Å². The number of allylic oxidation sites excluding steroid dienone is 4. The Balaban J connectivity index is 0.000000360. The summed E-state index contributed by atoms with van der Waals surface area (Å²) in [5.74, 6) is 0. The van der Waals surface area contributed by atoms with Crippen LogP contribution >= 0.6 is 0 Å². The van der Waals surface area contributed by atoms with Crippen molar-refractivity contribution < 1.29 is 32.8 Å². The molecule has 1 aliphatic rings. The van der Waals surface area contributed by atoms with Crippen molar-refractivity contribution in [1.29, 1.82) is 0 Å². The summed E-state index contributed by atoms with van der Waals surface area (Å²) in [6.45, 7) is 0. The molecule has 0 saturated heterocycles. The van der Waals surface area contributed by atoms with Crippen LogP contribution in [0.5, 0.6) is 0 Å². The van der Waals surface area contributed by atoms with Crippen molar-refractivity contribution in [3.05, 3.63) is 22.1 Å². The summed E-state index contributed by atoms with van der Waals surface area (Å²) in [5, 5.41) is 0. The van der Waals surface area contributed by atoms with Gasteiger partial charge in [0, 0.05) is 0 Å². The van der Waals surface area contributed by atoms with Gasteiger partial charge in [0.25, 0.3) is 0 Å². The molecule has 36 valence electrons. The Bertz CT molecular complexity index is 105. The van der Waals surface area contributed by atoms with Crippen molar-refractivity contribution in [3.8, 4) is 0 Å². The van der Waals surface area contributed by atoms with Crippen LogP contribution in [0.4, 0.5) is 0 Å². The van der Waals surface area contributed by atoms with Gasteiger partial charge in [0.2, 0.25) is 0 Å². The molecule has 0 saturated carbocycles. The fraction of sp³-hybridized carbons (Fsp3) is 0.200. The predicted octanol–water partition coefficient (Wildman–Crippen LogP) is -1.62. The summed E-state index contributed by atoms with van der Waals surface area (Å²) in [7, 11) is 0. The minimum atomic E-state index is 0. The van der Waals surface area contributed by atoms with Crippen LogP contribution in [-0.2, 0) is 20.4 Å². The summed E-state index contributed by atoms with van der Waals surface area (Å²) in [5.41, 5.74) is 0. The first-order chi connectivity index (χ1) is 2.89. The van der Waals surface area contributed by atoms with Crippen LogP contribution in [0.15, 0.2) is 22.1 Å². The second kappa shape index (κ2) is 3.48. The molecule has 0 amide bonds. The maximum atomic E-state index is 2.16. The predicted molar refractivity (Wildman–Crippen MR) is 21.8 cm³/mol. The molecule has 0 aromatic heterocycles. The van der Waals surface area contributed by atoms with E-state index >= 15 is 0 Å². The Kier molecular flexibility index (Phi) is 3.72. The zero-order valence-electron chi connectivity index (χ0n) is 3.82. The van der Waals surface area contributed by atoms with Crippen LogP contribution in [0.1, 0.15) is 6.42 Å². The number of halogens is 1. The van der Waals surface area contributed by atoms with Gasteiger partial charge in [-0.3, -0.25) is 0 Å². The van der Waals surface area contributed by atoms with Gasteiger partial charge < -0.3 is 12.4 Å². The second-order valence-corrected chi connectivity index (χ2v) is 2.33. The molecule has 0 aliphatic heterocycles. The van der Waals surface area contributed by atoms with E-state index in [9.17, 15) is 0 Å². The molecule has 0 spiro atoms. The van der Waals surface area contributed by atoms with Gasteiger partial charge in [-0.1, -0.05) is 0 Å². The number of rotatable bonds is 0. The summed E-state index contributed by atoms with van der Waals surface area (Å²) in [6.07, 6.45) is 7.56. The summed E-state index contributed by atoms with van der Waals surface area (Å²) in [4.78, 5) is 0. The summed E-state index contributed by atoms with van der Waals surface area (Å²) >= 11 is 2.14. The average molecular weight is 148 g/mol. The zero-order chi connectivity index (χ0) is 4.41. The first-order valence-corrected chi connectivity index (χ1v) is 2.75. The molecule has 0 unspecified atom stereocenters. The monoisotopic (exact) mass is 148 g/mol. The van der Waals surface area contributed by atoms with E-state index in [0.717, 1.165) is 0 Å². The van der Waals surface area contributed by atoms with E-state index in [1.165, 1.54) is 10.3 Å².